The van der Waals surface area contributed by atoms with E-state index in [0.717, 1.165) is 33.1 Å². The van der Waals surface area contributed by atoms with Gasteiger partial charge in [-0.3, -0.25) is 0 Å². The van der Waals surface area contributed by atoms with Crippen molar-refractivity contribution in [1.29, 1.82) is 0 Å². The quantitative estimate of drug-likeness (QED) is 0.153. The summed E-state index contributed by atoms with van der Waals surface area (Å²) in [6, 6.07) is 74.3. The molecule has 62 heavy (non-hydrogen) atoms. The maximum absolute atomic E-state index is 6.50. The zero-order valence-electron chi connectivity index (χ0n) is 35.5. The molecule has 0 bridgehead atoms. The highest BCUT2D eigenvalue weighted by molar-refractivity contribution is 6.09. The normalized spacial score (nSPS) is 14.2. The number of furan rings is 1. The third-order valence-corrected chi connectivity index (χ3v) is 14.2. The van der Waals surface area contributed by atoms with Gasteiger partial charge in [-0.05, 0) is 107 Å². The second kappa shape index (κ2) is 13.6. The predicted octanol–water partition coefficient (Wildman–Crippen LogP) is 16.4. The van der Waals surface area contributed by atoms with Crippen LogP contribution in [0, 0.1) is 0 Å². The summed E-state index contributed by atoms with van der Waals surface area (Å²) in [7, 11) is 0. The summed E-state index contributed by atoms with van der Waals surface area (Å²) >= 11 is 0. The van der Waals surface area contributed by atoms with E-state index in [2.05, 4.69) is 222 Å². The number of para-hydroxylation sites is 2. The van der Waals surface area contributed by atoms with Gasteiger partial charge in [-0.2, -0.15) is 0 Å². The van der Waals surface area contributed by atoms with Gasteiger partial charge in [-0.1, -0.05) is 210 Å². The SMILES string of the molecule is CC1(C)c2cc(-c3ccccc3)ccc2-c2ccc(C(c3ccc(-c4cccc5c4oc4ccccc45)cc3)c3ccc4c(c3)C(C)(C)c3cc(-c5ccccc5)ccc3-4)cc21. The minimum absolute atomic E-state index is 0.0143. The Morgan fingerprint density at radius 3 is 1.31 bits per heavy atom. The van der Waals surface area contributed by atoms with Crippen LogP contribution in [0.2, 0.25) is 0 Å². The first-order valence-electron chi connectivity index (χ1n) is 21.9. The van der Waals surface area contributed by atoms with Crippen LogP contribution < -0.4 is 0 Å². The molecule has 0 saturated carbocycles. The first kappa shape index (κ1) is 36.6. The van der Waals surface area contributed by atoms with Crippen LogP contribution in [0.1, 0.15) is 72.6 Å². The third kappa shape index (κ3) is 5.54. The lowest BCUT2D eigenvalue weighted by Crippen LogP contribution is -2.17. The Hall–Kier alpha value is -7.22. The number of rotatable bonds is 6. The predicted molar refractivity (Wildman–Crippen MR) is 259 cm³/mol. The molecule has 1 heterocycles. The lowest BCUT2D eigenvalue weighted by Gasteiger charge is -2.26. The maximum atomic E-state index is 6.50. The van der Waals surface area contributed by atoms with Crippen LogP contribution >= 0.6 is 0 Å². The highest BCUT2D eigenvalue weighted by Gasteiger charge is 2.38. The molecule has 0 aliphatic heterocycles. The van der Waals surface area contributed by atoms with Crippen molar-refractivity contribution in [1.82, 2.24) is 0 Å². The Bertz CT molecular complexity index is 3230. The summed E-state index contributed by atoms with van der Waals surface area (Å²) in [6.45, 7) is 9.60. The first-order valence-corrected chi connectivity index (χ1v) is 21.9. The van der Waals surface area contributed by atoms with Crippen LogP contribution in [0.5, 0.6) is 0 Å². The molecule has 0 saturated heterocycles. The molecule has 1 aromatic heterocycles. The third-order valence-electron chi connectivity index (χ3n) is 14.2. The molecule has 9 aromatic carbocycles. The van der Waals surface area contributed by atoms with Gasteiger partial charge in [-0.25, -0.2) is 0 Å². The Labute approximate surface area is 364 Å². The smallest absolute Gasteiger partial charge is 0.143 e. The fourth-order valence-corrected chi connectivity index (χ4v) is 10.9. The minimum Gasteiger partial charge on any atom is -0.455 e. The second-order valence-corrected chi connectivity index (χ2v) is 18.4. The van der Waals surface area contributed by atoms with Crippen molar-refractivity contribution in [2.24, 2.45) is 0 Å². The van der Waals surface area contributed by atoms with Crippen molar-refractivity contribution >= 4 is 21.9 Å². The molecule has 0 amide bonds. The van der Waals surface area contributed by atoms with Gasteiger partial charge >= 0.3 is 0 Å². The van der Waals surface area contributed by atoms with Gasteiger partial charge in [0.15, 0.2) is 0 Å². The average Bonchev–Trinajstić information content (AvgIpc) is 3.89. The second-order valence-electron chi connectivity index (χ2n) is 18.4. The number of benzene rings is 9. The van der Waals surface area contributed by atoms with Crippen LogP contribution in [0.25, 0.3) is 77.6 Å². The van der Waals surface area contributed by atoms with Crippen LogP contribution in [0.3, 0.4) is 0 Å². The van der Waals surface area contributed by atoms with Gasteiger partial charge in [0.2, 0.25) is 0 Å². The summed E-state index contributed by atoms with van der Waals surface area (Å²) in [5, 5.41) is 2.30. The lowest BCUT2D eigenvalue weighted by molar-refractivity contribution is 0.657. The van der Waals surface area contributed by atoms with Gasteiger partial charge in [0, 0.05) is 33.1 Å². The highest BCUT2D eigenvalue weighted by Crippen LogP contribution is 2.53. The van der Waals surface area contributed by atoms with Gasteiger partial charge in [0.25, 0.3) is 0 Å². The van der Waals surface area contributed by atoms with Crippen LogP contribution in [0.4, 0.5) is 0 Å². The summed E-state index contributed by atoms with van der Waals surface area (Å²) < 4.78 is 6.50. The molecular weight excluding hydrogens is 749 g/mol. The fraction of sp³-hybridized carbons (Fsp3) is 0.115. The van der Waals surface area contributed by atoms with E-state index in [0.29, 0.717) is 0 Å². The van der Waals surface area contributed by atoms with E-state index in [-0.39, 0.29) is 16.7 Å². The topological polar surface area (TPSA) is 13.1 Å². The van der Waals surface area contributed by atoms with E-state index in [1.807, 2.05) is 6.07 Å². The molecule has 0 spiro atoms. The Balaban J connectivity index is 0.988. The average molecular weight is 795 g/mol. The van der Waals surface area contributed by atoms with E-state index in [4.69, 9.17) is 4.42 Å². The van der Waals surface area contributed by atoms with Gasteiger partial charge < -0.3 is 4.42 Å². The Morgan fingerprint density at radius 2 is 0.758 bits per heavy atom. The number of hydrogen-bond donors (Lipinski definition) is 0. The van der Waals surface area contributed by atoms with Gasteiger partial charge in [0.05, 0.1) is 0 Å². The minimum atomic E-state index is -0.164. The number of hydrogen-bond acceptors (Lipinski definition) is 1. The van der Waals surface area contributed by atoms with Crippen molar-refractivity contribution in [2.45, 2.75) is 44.4 Å². The molecule has 296 valence electrons. The molecule has 2 aliphatic carbocycles. The molecule has 10 aromatic rings. The standard InChI is InChI=1S/C61H46O/c1-60(2)53-34-42(38-14-7-5-8-15-38)26-30-47(53)49-32-28-44(36-55(49)60)58(41-24-22-40(23-25-41)46-19-13-20-52-51-18-11-12-21-57(51)62-59(46)52)45-29-33-50-48-31-27-43(39-16-9-6-10-17-39)35-54(48)61(3,4)56(50)37-45/h5-37,58H,1-4H3. The summed E-state index contributed by atoms with van der Waals surface area (Å²) in [5.41, 5.74) is 23.6. The molecule has 0 fully saturated rings. The van der Waals surface area contributed by atoms with Crippen molar-refractivity contribution in [2.75, 3.05) is 0 Å². The maximum Gasteiger partial charge on any atom is 0.143 e. The molecule has 2 aliphatic rings. The summed E-state index contributed by atoms with van der Waals surface area (Å²) in [5.74, 6) is 0.0143. The van der Waals surface area contributed by atoms with E-state index in [1.165, 1.54) is 83.5 Å². The molecule has 12 rings (SSSR count). The van der Waals surface area contributed by atoms with Crippen molar-refractivity contribution in [3.05, 3.63) is 239 Å². The molecule has 0 radical (unpaired) electrons. The molecule has 0 N–H and O–H groups in total. The number of fused-ring (bicyclic) bond motifs is 9. The summed E-state index contributed by atoms with van der Waals surface area (Å²) in [4.78, 5) is 0. The molecule has 1 heteroatoms. The molecule has 0 unspecified atom stereocenters. The first-order chi connectivity index (χ1) is 30.2. The van der Waals surface area contributed by atoms with Crippen LogP contribution in [-0.4, -0.2) is 0 Å². The van der Waals surface area contributed by atoms with Crippen molar-refractivity contribution in [3.63, 3.8) is 0 Å². The Kier molecular flexibility index (Phi) is 8.06. The fourth-order valence-electron chi connectivity index (χ4n) is 10.9. The zero-order valence-corrected chi connectivity index (χ0v) is 35.5. The van der Waals surface area contributed by atoms with Gasteiger partial charge in [0.1, 0.15) is 11.2 Å². The Morgan fingerprint density at radius 1 is 0.323 bits per heavy atom. The van der Waals surface area contributed by atoms with Crippen LogP contribution in [-0.2, 0) is 10.8 Å². The van der Waals surface area contributed by atoms with Gasteiger partial charge in [-0.15, -0.1) is 0 Å². The van der Waals surface area contributed by atoms with E-state index in [9.17, 15) is 0 Å². The monoisotopic (exact) mass is 794 g/mol. The van der Waals surface area contributed by atoms with Crippen molar-refractivity contribution < 1.29 is 4.42 Å². The highest BCUT2D eigenvalue weighted by atomic mass is 16.3. The van der Waals surface area contributed by atoms with E-state index in [1.54, 1.807) is 0 Å². The van der Waals surface area contributed by atoms with E-state index >= 15 is 0 Å². The molecular formula is C61H46O. The zero-order chi connectivity index (χ0) is 41.7. The largest absolute Gasteiger partial charge is 0.455 e. The molecule has 1 nitrogen and oxygen atoms in total. The summed E-state index contributed by atoms with van der Waals surface area (Å²) in [6.07, 6.45) is 0. The molecule has 0 atom stereocenters. The van der Waals surface area contributed by atoms with E-state index < -0.39 is 0 Å². The van der Waals surface area contributed by atoms with Crippen LogP contribution in [0.15, 0.2) is 205 Å². The van der Waals surface area contributed by atoms with Crippen molar-refractivity contribution in [3.8, 4) is 55.6 Å². The lowest BCUT2D eigenvalue weighted by atomic mass is 9.77.